The number of benzene rings is 1. The molecule has 1 amide bonds. The molecule has 1 aromatic carbocycles. The maximum absolute atomic E-state index is 12.7. The first-order valence-corrected chi connectivity index (χ1v) is 7.38. The number of nitrogens with one attached hydrogen (secondary N) is 1. The number of hydrogen-bond acceptors (Lipinski definition) is 3. The van der Waals surface area contributed by atoms with Crippen molar-refractivity contribution in [3.8, 4) is 0 Å². The molecule has 3 nitrogen and oxygen atoms in total. The lowest BCUT2D eigenvalue weighted by Gasteiger charge is -2.14. The topological polar surface area (TPSA) is 55.1 Å². The van der Waals surface area contributed by atoms with E-state index in [1.54, 1.807) is 6.92 Å². The third kappa shape index (κ3) is 4.72. The molecule has 0 heterocycles. The summed E-state index contributed by atoms with van der Waals surface area (Å²) in [4.78, 5) is 11.8. The Morgan fingerprint density at radius 3 is 2.55 bits per heavy atom. The van der Waals surface area contributed by atoms with E-state index in [4.69, 9.17) is 5.73 Å². The van der Waals surface area contributed by atoms with E-state index in [0.717, 1.165) is 12.1 Å². The Bertz CT molecular complexity index is 477. The van der Waals surface area contributed by atoms with E-state index in [2.05, 4.69) is 5.32 Å². The highest BCUT2D eigenvalue weighted by atomic mass is 32.2. The Kier molecular flexibility index (Phi) is 5.88. The maximum atomic E-state index is 12.7. The predicted molar refractivity (Wildman–Crippen MR) is 75.5 cm³/mol. The third-order valence-electron chi connectivity index (χ3n) is 2.69. The van der Waals surface area contributed by atoms with Gasteiger partial charge in [0.15, 0.2) is 0 Å². The van der Waals surface area contributed by atoms with E-state index < -0.39 is 11.7 Å². The molecule has 0 radical (unpaired) electrons. The number of amides is 1. The van der Waals surface area contributed by atoms with Crippen molar-refractivity contribution >= 4 is 23.4 Å². The van der Waals surface area contributed by atoms with Crippen LogP contribution in [0, 0.1) is 5.92 Å². The zero-order valence-corrected chi connectivity index (χ0v) is 12.1. The van der Waals surface area contributed by atoms with Gasteiger partial charge in [0.2, 0.25) is 5.91 Å². The number of carbonyl (C=O) groups is 1. The number of halogens is 3. The number of nitrogens with two attached hydrogens (primary N) is 1. The molecule has 0 aliphatic heterocycles. The molecule has 20 heavy (non-hydrogen) atoms. The maximum Gasteiger partial charge on any atom is 0.416 e. The van der Waals surface area contributed by atoms with Crippen LogP contribution in [-0.2, 0) is 17.5 Å². The lowest BCUT2D eigenvalue weighted by atomic mass is 10.1. The van der Waals surface area contributed by atoms with Crippen LogP contribution in [0.5, 0.6) is 0 Å². The Morgan fingerprint density at radius 1 is 1.40 bits per heavy atom. The molecular weight excluding hydrogens is 289 g/mol. The second-order valence-corrected chi connectivity index (χ2v) is 5.38. The number of alkyl halides is 3. The summed E-state index contributed by atoms with van der Waals surface area (Å²) < 4.78 is 38.2. The Balaban J connectivity index is 2.98. The number of hydrogen-bond donors (Lipinski definition) is 2. The average molecular weight is 306 g/mol. The van der Waals surface area contributed by atoms with Crippen LogP contribution in [0.1, 0.15) is 18.1 Å². The van der Waals surface area contributed by atoms with Crippen LogP contribution in [0.4, 0.5) is 18.9 Å². The lowest BCUT2D eigenvalue weighted by molar-refractivity contribution is -0.137. The number of rotatable bonds is 5. The fraction of sp³-hybridized carbons (Fsp3) is 0.462. The van der Waals surface area contributed by atoms with Crippen molar-refractivity contribution in [1.29, 1.82) is 0 Å². The van der Waals surface area contributed by atoms with Crippen molar-refractivity contribution < 1.29 is 18.0 Å². The molecular formula is C13H17F3N2OS. The van der Waals surface area contributed by atoms with Crippen molar-refractivity contribution in [3.63, 3.8) is 0 Å². The molecule has 0 fully saturated rings. The molecule has 0 aliphatic carbocycles. The van der Waals surface area contributed by atoms with Crippen LogP contribution in [0.3, 0.4) is 0 Å². The monoisotopic (exact) mass is 306 g/mol. The van der Waals surface area contributed by atoms with E-state index in [1.807, 2.05) is 6.26 Å². The van der Waals surface area contributed by atoms with Gasteiger partial charge in [0.25, 0.3) is 0 Å². The number of anilines is 1. The van der Waals surface area contributed by atoms with Gasteiger partial charge in [-0.2, -0.15) is 24.9 Å². The Hall–Kier alpha value is -1.21. The van der Waals surface area contributed by atoms with Crippen LogP contribution >= 0.6 is 11.8 Å². The minimum atomic E-state index is -4.46. The van der Waals surface area contributed by atoms with E-state index >= 15 is 0 Å². The number of carbonyl (C=O) groups excluding carboxylic acids is 1. The van der Waals surface area contributed by atoms with Gasteiger partial charge in [-0.15, -0.1) is 0 Å². The molecule has 0 aliphatic rings. The largest absolute Gasteiger partial charge is 0.416 e. The third-order valence-corrected chi connectivity index (χ3v) is 3.52. The van der Waals surface area contributed by atoms with Crippen LogP contribution in [0.2, 0.25) is 0 Å². The molecule has 1 unspecified atom stereocenters. The van der Waals surface area contributed by atoms with Gasteiger partial charge in [-0.3, -0.25) is 4.79 Å². The highest BCUT2D eigenvalue weighted by molar-refractivity contribution is 7.98. The van der Waals surface area contributed by atoms with E-state index in [9.17, 15) is 18.0 Å². The van der Waals surface area contributed by atoms with Crippen LogP contribution < -0.4 is 11.1 Å². The van der Waals surface area contributed by atoms with Gasteiger partial charge in [-0.25, -0.2) is 0 Å². The first-order valence-electron chi connectivity index (χ1n) is 5.99. The second kappa shape index (κ2) is 6.99. The normalized spacial score (nSPS) is 13.1. The highest BCUT2D eigenvalue weighted by Gasteiger charge is 2.31. The Labute approximate surface area is 120 Å². The minimum absolute atomic E-state index is 0.0207. The fourth-order valence-corrected chi connectivity index (χ4v) is 2.29. The summed E-state index contributed by atoms with van der Waals surface area (Å²) in [6.45, 7) is 1.70. The van der Waals surface area contributed by atoms with Gasteiger partial charge in [0.05, 0.1) is 5.56 Å². The summed E-state index contributed by atoms with van der Waals surface area (Å²) in [7, 11) is 0. The van der Waals surface area contributed by atoms with Crippen molar-refractivity contribution in [2.24, 2.45) is 11.7 Å². The minimum Gasteiger partial charge on any atom is -0.326 e. The van der Waals surface area contributed by atoms with Crippen molar-refractivity contribution in [2.75, 3.05) is 17.3 Å². The van der Waals surface area contributed by atoms with Gasteiger partial charge in [0, 0.05) is 23.9 Å². The average Bonchev–Trinajstić information content (AvgIpc) is 2.37. The van der Waals surface area contributed by atoms with Gasteiger partial charge < -0.3 is 11.1 Å². The highest BCUT2D eigenvalue weighted by Crippen LogP contribution is 2.32. The first kappa shape index (κ1) is 16.8. The molecule has 0 bridgehead atoms. The smallest absolute Gasteiger partial charge is 0.326 e. The summed E-state index contributed by atoms with van der Waals surface area (Å²) in [5.41, 5.74) is 5.02. The molecule has 0 saturated carbocycles. The summed E-state index contributed by atoms with van der Waals surface area (Å²) in [5, 5.41) is 2.51. The molecule has 1 rings (SSSR count). The van der Waals surface area contributed by atoms with Gasteiger partial charge >= 0.3 is 6.18 Å². The molecule has 1 atom stereocenters. The van der Waals surface area contributed by atoms with Gasteiger partial charge in [-0.1, -0.05) is 6.92 Å². The standard InChI is InChI=1S/C13H17F3N2OS/c1-8(7-20-2)12(19)18-11-4-9(6-17)3-10(5-11)13(14,15)16/h3-5,8H,6-7,17H2,1-2H3,(H,18,19). The lowest BCUT2D eigenvalue weighted by Crippen LogP contribution is -2.22. The van der Waals surface area contributed by atoms with Crippen LogP contribution in [-0.4, -0.2) is 17.9 Å². The van der Waals surface area contributed by atoms with Crippen molar-refractivity contribution in [1.82, 2.24) is 0 Å². The molecule has 0 saturated heterocycles. The SMILES string of the molecule is CSCC(C)C(=O)Nc1cc(CN)cc(C(F)(F)F)c1. The first-order chi connectivity index (χ1) is 9.27. The predicted octanol–water partition coefficient (Wildman–Crippen LogP) is 3.10. The fourth-order valence-electron chi connectivity index (χ4n) is 1.64. The number of thioether (sulfide) groups is 1. The summed E-state index contributed by atoms with van der Waals surface area (Å²) in [5.74, 6) is 0.0247. The summed E-state index contributed by atoms with van der Waals surface area (Å²) in [6, 6.07) is 3.36. The molecule has 0 aromatic heterocycles. The molecule has 7 heteroatoms. The summed E-state index contributed by atoms with van der Waals surface area (Å²) in [6.07, 6.45) is -2.60. The van der Waals surface area contributed by atoms with E-state index in [0.29, 0.717) is 11.3 Å². The van der Waals surface area contributed by atoms with E-state index in [-0.39, 0.29) is 24.1 Å². The van der Waals surface area contributed by atoms with Gasteiger partial charge in [-0.05, 0) is 30.0 Å². The summed E-state index contributed by atoms with van der Waals surface area (Å²) >= 11 is 1.50. The quantitative estimate of drug-likeness (QED) is 0.879. The second-order valence-electron chi connectivity index (χ2n) is 4.47. The molecule has 112 valence electrons. The molecule has 3 N–H and O–H groups in total. The molecule has 0 spiro atoms. The molecule has 1 aromatic rings. The van der Waals surface area contributed by atoms with Crippen molar-refractivity contribution in [2.45, 2.75) is 19.6 Å². The zero-order valence-electron chi connectivity index (χ0n) is 11.3. The van der Waals surface area contributed by atoms with E-state index in [1.165, 1.54) is 17.8 Å². The van der Waals surface area contributed by atoms with Crippen molar-refractivity contribution in [3.05, 3.63) is 29.3 Å². The van der Waals surface area contributed by atoms with Gasteiger partial charge in [0.1, 0.15) is 0 Å². The Morgan fingerprint density at radius 2 is 2.05 bits per heavy atom. The van der Waals surface area contributed by atoms with Crippen LogP contribution in [0.15, 0.2) is 18.2 Å². The zero-order chi connectivity index (χ0) is 15.3. The van der Waals surface area contributed by atoms with Crippen LogP contribution in [0.25, 0.3) is 0 Å².